The summed E-state index contributed by atoms with van der Waals surface area (Å²) < 4.78 is 5.50. The van der Waals surface area contributed by atoms with Gasteiger partial charge in [0.1, 0.15) is 11.4 Å². The molecule has 0 radical (unpaired) electrons. The Morgan fingerprint density at radius 2 is 2.22 bits per heavy atom. The van der Waals surface area contributed by atoms with E-state index in [4.69, 9.17) is 10.5 Å². The van der Waals surface area contributed by atoms with Gasteiger partial charge in [-0.1, -0.05) is 6.07 Å². The van der Waals surface area contributed by atoms with Gasteiger partial charge >= 0.3 is 0 Å². The van der Waals surface area contributed by atoms with E-state index in [2.05, 4.69) is 0 Å². The van der Waals surface area contributed by atoms with Gasteiger partial charge in [0.05, 0.1) is 11.5 Å². The van der Waals surface area contributed by atoms with Crippen molar-refractivity contribution in [3.05, 3.63) is 50.7 Å². The van der Waals surface area contributed by atoms with Gasteiger partial charge in [-0.05, 0) is 17.5 Å². The Kier molecular flexibility index (Phi) is 3.78. The molecule has 0 saturated heterocycles. The summed E-state index contributed by atoms with van der Waals surface area (Å²) in [6.45, 7) is 0.526. The Morgan fingerprint density at radius 3 is 2.83 bits per heavy atom. The van der Waals surface area contributed by atoms with Gasteiger partial charge in [-0.2, -0.15) is 0 Å². The number of nitro groups is 1. The Bertz CT molecular complexity index is 540. The molecule has 1 aromatic heterocycles. The molecular formula is C12H12N2O3S. The number of nitrogens with zero attached hydrogens (tertiary/aromatic N) is 1. The normalized spacial score (nSPS) is 10.2. The maximum Gasteiger partial charge on any atom is 0.292 e. The summed E-state index contributed by atoms with van der Waals surface area (Å²) in [5.41, 5.74) is 5.59. The van der Waals surface area contributed by atoms with E-state index >= 15 is 0 Å². The maximum atomic E-state index is 10.6. The Balaban J connectivity index is 1.94. The lowest BCUT2D eigenvalue weighted by atomic mass is 10.2. The lowest BCUT2D eigenvalue weighted by Crippen LogP contribution is -2.01. The Morgan fingerprint density at radius 1 is 1.39 bits per heavy atom. The number of nitro benzene ring substituents is 1. The predicted octanol–water partition coefficient (Wildman–Crippen LogP) is 2.86. The first-order valence-corrected chi connectivity index (χ1v) is 6.24. The van der Waals surface area contributed by atoms with Gasteiger partial charge in [-0.3, -0.25) is 10.1 Å². The van der Waals surface area contributed by atoms with E-state index in [1.165, 1.54) is 17.0 Å². The average molecular weight is 264 g/mol. The van der Waals surface area contributed by atoms with E-state index in [9.17, 15) is 10.1 Å². The van der Waals surface area contributed by atoms with Crippen molar-refractivity contribution in [2.75, 3.05) is 12.3 Å². The second-order valence-corrected chi connectivity index (χ2v) is 4.69. The van der Waals surface area contributed by atoms with E-state index in [1.54, 1.807) is 17.4 Å². The zero-order valence-electron chi connectivity index (χ0n) is 9.54. The van der Waals surface area contributed by atoms with Crippen molar-refractivity contribution in [3.8, 4) is 5.75 Å². The predicted molar refractivity (Wildman–Crippen MR) is 71.0 cm³/mol. The molecular weight excluding hydrogens is 252 g/mol. The molecule has 2 rings (SSSR count). The van der Waals surface area contributed by atoms with Gasteiger partial charge in [0.2, 0.25) is 0 Å². The summed E-state index contributed by atoms with van der Waals surface area (Å²) in [6, 6.07) is 8.42. The third kappa shape index (κ3) is 2.98. The summed E-state index contributed by atoms with van der Waals surface area (Å²) in [5, 5.41) is 12.6. The third-order valence-electron chi connectivity index (χ3n) is 2.39. The van der Waals surface area contributed by atoms with Crippen molar-refractivity contribution in [2.45, 2.75) is 6.42 Å². The highest BCUT2D eigenvalue weighted by Crippen LogP contribution is 2.26. The van der Waals surface area contributed by atoms with Crippen LogP contribution in [0, 0.1) is 10.1 Å². The highest BCUT2D eigenvalue weighted by molar-refractivity contribution is 7.09. The molecule has 2 N–H and O–H groups in total. The number of hydrogen-bond acceptors (Lipinski definition) is 5. The van der Waals surface area contributed by atoms with Crippen LogP contribution in [0.15, 0.2) is 35.7 Å². The van der Waals surface area contributed by atoms with Gasteiger partial charge in [0.25, 0.3) is 5.69 Å². The van der Waals surface area contributed by atoms with Crippen LogP contribution < -0.4 is 10.5 Å². The third-order valence-corrected chi connectivity index (χ3v) is 3.33. The highest BCUT2D eigenvalue weighted by Gasteiger charge is 2.11. The molecule has 94 valence electrons. The molecule has 0 aliphatic carbocycles. The van der Waals surface area contributed by atoms with E-state index in [0.29, 0.717) is 12.4 Å². The molecule has 0 unspecified atom stereocenters. The molecule has 2 aromatic rings. The van der Waals surface area contributed by atoms with E-state index < -0.39 is 4.92 Å². The smallest absolute Gasteiger partial charge is 0.292 e. The van der Waals surface area contributed by atoms with E-state index in [0.717, 1.165) is 6.42 Å². The summed E-state index contributed by atoms with van der Waals surface area (Å²) in [6.07, 6.45) is 0.814. The summed E-state index contributed by atoms with van der Waals surface area (Å²) in [7, 11) is 0. The molecule has 1 aromatic carbocycles. The quantitative estimate of drug-likeness (QED) is 0.511. The first-order chi connectivity index (χ1) is 8.66. The summed E-state index contributed by atoms with van der Waals surface area (Å²) >= 11 is 1.67. The van der Waals surface area contributed by atoms with Crippen molar-refractivity contribution in [1.29, 1.82) is 0 Å². The minimum absolute atomic E-state index is 0.0967. The molecule has 5 nitrogen and oxygen atoms in total. The number of hydrogen-bond donors (Lipinski definition) is 1. The number of benzene rings is 1. The monoisotopic (exact) mass is 264 g/mol. The fourth-order valence-electron chi connectivity index (χ4n) is 1.51. The van der Waals surface area contributed by atoms with Gasteiger partial charge in [0, 0.05) is 23.4 Å². The molecule has 1 heterocycles. The number of ether oxygens (including phenoxy) is 1. The molecule has 0 saturated carbocycles. The van der Waals surface area contributed by atoms with E-state index in [-0.39, 0.29) is 11.4 Å². The molecule has 18 heavy (non-hydrogen) atoms. The Hall–Kier alpha value is -2.08. The lowest BCUT2D eigenvalue weighted by molar-refractivity contribution is -0.383. The minimum Gasteiger partial charge on any atom is -0.493 e. The molecule has 6 heteroatoms. The second kappa shape index (κ2) is 5.50. The van der Waals surface area contributed by atoms with Gasteiger partial charge in [-0.15, -0.1) is 11.3 Å². The molecule has 0 atom stereocenters. The Labute approximate surface area is 108 Å². The van der Waals surface area contributed by atoms with Crippen molar-refractivity contribution in [3.63, 3.8) is 0 Å². The van der Waals surface area contributed by atoms with Gasteiger partial charge in [-0.25, -0.2) is 0 Å². The summed E-state index contributed by atoms with van der Waals surface area (Å²) in [5.74, 6) is 0.551. The fourth-order valence-corrected chi connectivity index (χ4v) is 2.20. The summed E-state index contributed by atoms with van der Waals surface area (Å²) in [4.78, 5) is 11.3. The zero-order chi connectivity index (χ0) is 13.0. The van der Waals surface area contributed by atoms with Crippen molar-refractivity contribution in [1.82, 2.24) is 0 Å². The number of rotatable bonds is 5. The van der Waals surface area contributed by atoms with Gasteiger partial charge < -0.3 is 10.5 Å². The van der Waals surface area contributed by atoms with Crippen LogP contribution in [0.1, 0.15) is 4.88 Å². The molecule has 0 aliphatic heterocycles. The SMILES string of the molecule is Nc1cc(OCCc2cccs2)ccc1[N+](=O)[O-]. The number of thiophene rings is 1. The molecule has 0 aliphatic rings. The second-order valence-electron chi connectivity index (χ2n) is 3.66. The maximum absolute atomic E-state index is 10.6. The minimum atomic E-state index is -0.509. The van der Waals surface area contributed by atoms with Crippen LogP contribution >= 0.6 is 11.3 Å². The van der Waals surface area contributed by atoms with Crippen LogP contribution in [0.25, 0.3) is 0 Å². The molecule has 0 amide bonds. The molecule has 0 fully saturated rings. The van der Waals surface area contributed by atoms with Crippen molar-refractivity contribution < 1.29 is 9.66 Å². The van der Waals surface area contributed by atoms with Gasteiger partial charge in [0.15, 0.2) is 0 Å². The van der Waals surface area contributed by atoms with Crippen molar-refractivity contribution >= 4 is 22.7 Å². The largest absolute Gasteiger partial charge is 0.493 e. The van der Waals surface area contributed by atoms with Crippen LogP contribution in [0.2, 0.25) is 0 Å². The van der Waals surface area contributed by atoms with E-state index in [1.807, 2.05) is 17.5 Å². The standard InChI is InChI=1S/C12H12N2O3S/c13-11-8-9(3-4-12(11)14(15)16)17-6-5-10-2-1-7-18-10/h1-4,7-8H,5-6,13H2. The van der Waals surface area contributed by atoms with Crippen LogP contribution in [0.3, 0.4) is 0 Å². The fraction of sp³-hybridized carbons (Fsp3) is 0.167. The number of nitrogens with two attached hydrogens (primary N) is 1. The highest BCUT2D eigenvalue weighted by atomic mass is 32.1. The number of anilines is 1. The van der Waals surface area contributed by atoms with Crippen LogP contribution in [0.4, 0.5) is 11.4 Å². The molecule has 0 bridgehead atoms. The van der Waals surface area contributed by atoms with Crippen LogP contribution in [-0.4, -0.2) is 11.5 Å². The zero-order valence-corrected chi connectivity index (χ0v) is 10.4. The van der Waals surface area contributed by atoms with Crippen molar-refractivity contribution in [2.24, 2.45) is 0 Å². The average Bonchev–Trinajstić information content (AvgIpc) is 2.81. The first kappa shape index (κ1) is 12.4. The molecule has 0 spiro atoms. The topological polar surface area (TPSA) is 78.4 Å². The lowest BCUT2D eigenvalue weighted by Gasteiger charge is -2.06. The first-order valence-electron chi connectivity index (χ1n) is 5.36. The number of nitrogen functional groups attached to an aromatic ring is 1. The van der Waals surface area contributed by atoms with Crippen LogP contribution in [0.5, 0.6) is 5.75 Å². The van der Waals surface area contributed by atoms with Crippen LogP contribution in [-0.2, 0) is 6.42 Å².